The SMILES string of the molecule is C=CCC/C(C)=C/CC/C(C)=C/CCC=C(C)C. The topological polar surface area (TPSA) is 0 Å². The molecule has 0 saturated heterocycles. The lowest BCUT2D eigenvalue weighted by Crippen LogP contribution is -1.80. The van der Waals surface area contributed by atoms with Gasteiger partial charge in [-0.25, -0.2) is 0 Å². The first-order valence-corrected chi connectivity index (χ1v) is 7.11. The van der Waals surface area contributed by atoms with Crippen molar-refractivity contribution < 1.29 is 0 Å². The van der Waals surface area contributed by atoms with Crippen molar-refractivity contribution in [2.24, 2.45) is 0 Å². The van der Waals surface area contributed by atoms with E-state index in [0.29, 0.717) is 0 Å². The second-order valence-corrected chi connectivity index (χ2v) is 5.33. The molecular formula is C18H30. The van der Waals surface area contributed by atoms with Gasteiger partial charge >= 0.3 is 0 Å². The minimum Gasteiger partial charge on any atom is -0.103 e. The van der Waals surface area contributed by atoms with Crippen LogP contribution in [-0.4, -0.2) is 0 Å². The van der Waals surface area contributed by atoms with Crippen LogP contribution < -0.4 is 0 Å². The van der Waals surface area contributed by atoms with Crippen LogP contribution in [0.1, 0.15) is 66.2 Å². The average molecular weight is 246 g/mol. The van der Waals surface area contributed by atoms with Gasteiger partial charge in [0.1, 0.15) is 0 Å². The first-order valence-electron chi connectivity index (χ1n) is 7.11. The highest BCUT2D eigenvalue weighted by atomic mass is 14.0. The van der Waals surface area contributed by atoms with Crippen LogP contribution in [0.4, 0.5) is 0 Å². The van der Waals surface area contributed by atoms with Crippen molar-refractivity contribution in [2.45, 2.75) is 66.2 Å². The van der Waals surface area contributed by atoms with Gasteiger partial charge in [0.15, 0.2) is 0 Å². The third-order valence-electron chi connectivity index (χ3n) is 2.99. The first kappa shape index (κ1) is 17.0. The molecule has 0 nitrogen and oxygen atoms in total. The fraction of sp³-hybridized carbons (Fsp3) is 0.556. The number of allylic oxidation sites excluding steroid dienone is 7. The summed E-state index contributed by atoms with van der Waals surface area (Å²) in [4.78, 5) is 0. The molecule has 0 unspecified atom stereocenters. The molecular weight excluding hydrogens is 216 g/mol. The Bertz CT molecular complexity index is 309. The van der Waals surface area contributed by atoms with Gasteiger partial charge in [-0.15, -0.1) is 6.58 Å². The van der Waals surface area contributed by atoms with Crippen molar-refractivity contribution in [1.29, 1.82) is 0 Å². The van der Waals surface area contributed by atoms with E-state index in [2.05, 4.69) is 52.5 Å². The predicted octanol–water partition coefficient (Wildman–Crippen LogP) is 6.37. The highest BCUT2D eigenvalue weighted by molar-refractivity contribution is 5.05. The fourth-order valence-corrected chi connectivity index (χ4v) is 1.78. The maximum atomic E-state index is 3.75. The Hall–Kier alpha value is -1.04. The van der Waals surface area contributed by atoms with Crippen molar-refractivity contribution in [3.05, 3.63) is 47.6 Å². The van der Waals surface area contributed by atoms with Gasteiger partial charge in [0, 0.05) is 0 Å². The molecule has 0 atom stereocenters. The maximum absolute atomic E-state index is 3.75. The third kappa shape index (κ3) is 11.4. The van der Waals surface area contributed by atoms with Crippen LogP contribution in [0, 0.1) is 0 Å². The summed E-state index contributed by atoms with van der Waals surface area (Å²) in [6.07, 6.45) is 16.0. The first-order chi connectivity index (χ1) is 8.56. The molecule has 18 heavy (non-hydrogen) atoms. The van der Waals surface area contributed by atoms with Crippen LogP contribution in [0.2, 0.25) is 0 Å². The minimum absolute atomic E-state index is 1.10. The average Bonchev–Trinajstić information content (AvgIpc) is 2.32. The summed E-state index contributed by atoms with van der Waals surface area (Å²) in [6.45, 7) is 12.5. The van der Waals surface area contributed by atoms with Crippen LogP contribution in [0.3, 0.4) is 0 Å². The minimum atomic E-state index is 1.10. The molecule has 0 amide bonds. The Morgan fingerprint density at radius 2 is 1.22 bits per heavy atom. The van der Waals surface area contributed by atoms with E-state index in [0.717, 1.165) is 12.8 Å². The molecule has 0 heterocycles. The Balaban J connectivity index is 3.81. The highest BCUT2D eigenvalue weighted by Crippen LogP contribution is 2.11. The van der Waals surface area contributed by atoms with Crippen LogP contribution >= 0.6 is 0 Å². The highest BCUT2D eigenvalue weighted by Gasteiger charge is 1.91. The molecule has 0 saturated carbocycles. The molecule has 0 spiro atoms. The molecule has 0 rings (SSSR count). The monoisotopic (exact) mass is 246 g/mol. The van der Waals surface area contributed by atoms with Crippen LogP contribution in [0.15, 0.2) is 47.6 Å². The van der Waals surface area contributed by atoms with E-state index in [1.807, 2.05) is 6.08 Å². The molecule has 0 aromatic heterocycles. The standard InChI is InChI=1S/C18H30/c1-6-7-12-17(4)14-10-15-18(5)13-9-8-11-16(2)3/h6,11,13-14H,1,7-10,12,15H2,2-5H3/b17-14+,18-13+. The molecule has 0 N–H and O–H groups in total. The smallest absolute Gasteiger partial charge is 0.0288 e. The van der Waals surface area contributed by atoms with Crippen LogP contribution in [-0.2, 0) is 0 Å². The van der Waals surface area contributed by atoms with E-state index in [9.17, 15) is 0 Å². The molecule has 0 aliphatic carbocycles. The third-order valence-corrected chi connectivity index (χ3v) is 2.99. The fourth-order valence-electron chi connectivity index (χ4n) is 1.78. The summed E-state index contributed by atoms with van der Waals surface area (Å²) < 4.78 is 0. The molecule has 0 aliphatic rings. The van der Waals surface area contributed by atoms with Gasteiger partial charge in [0.05, 0.1) is 0 Å². The van der Waals surface area contributed by atoms with E-state index in [1.165, 1.54) is 42.4 Å². The van der Waals surface area contributed by atoms with Gasteiger partial charge in [-0.2, -0.15) is 0 Å². The Kier molecular flexibility index (Phi) is 10.4. The van der Waals surface area contributed by atoms with Crippen molar-refractivity contribution in [3.63, 3.8) is 0 Å². The molecule has 0 heteroatoms. The van der Waals surface area contributed by atoms with E-state index in [4.69, 9.17) is 0 Å². The van der Waals surface area contributed by atoms with Crippen LogP contribution in [0.5, 0.6) is 0 Å². The molecule has 0 bridgehead atoms. The molecule has 102 valence electrons. The Labute approximate surface area is 114 Å². The second kappa shape index (κ2) is 11.1. The summed E-state index contributed by atoms with van der Waals surface area (Å²) in [5.41, 5.74) is 4.43. The number of unbranched alkanes of at least 4 members (excludes halogenated alkanes) is 1. The molecule has 0 aromatic rings. The van der Waals surface area contributed by atoms with Crippen molar-refractivity contribution in [3.8, 4) is 0 Å². The molecule has 0 aromatic carbocycles. The molecule has 0 radical (unpaired) electrons. The second-order valence-electron chi connectivity index (χ2n) is 5.33. The maximum Gasteiger partial charge on any atom is -0.0288 e. The number of hydrogen-bond acceptors (Lipinski definition) is 0. The van der Waals surface area contributed by atoms with Crippen molar-refractivity contribution in [1.82, 2.24) is 0 Å². The number of rotatable bonds is 9. The van der Waals surface area contributed by atoms with Crippen molar-refractivity contribution >= 4 is 0 Å². The summed E-state index contributed by atoms with van der Waals surface area (Å²) >= 11 is 0. The summed E-state index contributed by atoms with van der Waals surface area (Å²) in [5.74, 6) is 0. The Morgan fingerprint density at radius 1 is 0.722 bits per heavy atom. The molecule has 0 fully saturated rings. The van der Waals surface area contributed by atoms with Gasteiger partial charge in [0.2, 0.25) is 0 Å². The van der Waals surface area contributed by atoms with Crippen LogP contribution in [0.25, 0.3) is 0 Å². The van der Waals surface area contributed by atoms with Gasteiger partial charge < -0.3 is 0 Å². The zero-order valence-electron chi connectivity index (χ0n) is 12.8. The normalized spacial score (nSPS) is 12.4. The summed E-state index contributed by atoms with van der Waals surface area (Å²) in [5, 5.41) is 0. The molecule has 0 aliphatic heterocycles. The van der Waals surface area contributed by atoms with Gasteiger partial charge in [-0.1, -0.05) is 41.0 Å². The van der Waals surface area contributed by atoms with Gasteiger partial charge in [0.25, 0.3) is 0 Å². The summed E-state index contributed by atoms with van der Waals surface area (Å²) in [7, 11) is 0. The lowest BCUT2D eigenvalue weighted by molar-refractivity contribution is 0.910. The van der Waals surface area contributed by atoms with Crippen molar-refractivity contribution in [2.75, 3.05) is 0 Å². The lowest BCUT2D eigenvalue weighted by Gasteiger charge is -2.01. The van der Waals surface area contributed by atoms with E-state index >= 15 is 0 Å². The van der Waals surface area contributed by atoms with E-state index in [-0.39, 0.29) is 0 Å². The Morgan fingerprint density at radius 3 is 1.78 bits per heavy atom. The lowest BCUT2D eigenvalue weighted by atomic mass is 10.1. The number of hydrogen-bond donors (Lipinski definition) is 0. The van der Waals surface area contributed by atoms with Gasteiger partial charge in [-0.05, 0) is 66.2 Å². The van der Waals surface area contributed by atoms with E-state index < -0.39 is 0 Å². The summed E-state index contributed by atoms with van der Waals surface area (Å²) in [6, 6.07) is 0. The quantitative estimate of drug-likeness (QED) is 0.327. The zero-order chi connectivity index (χ0) is 13.8. The zero-order valence-corrected chi connectivity index (χ0v) is 12.8. The predicted molar refractivity (Wildman–Crippen MR) is 84.8 cm³/mol. The largest absolute Gasteiger partial charge is 0.103 e. The van der Waals surface area contributed by atoms with Gasteiger partial charge in [-0.3, -0.25) is 0 Å². The van der Waals surface area contributed by atoms with E-state index in [1.54, 1.807) is 0 Å².